The third-order valence-corrected chi connectivity index (χ3v) is 3.94. The van der Waals surface area contributed by atoms with Gasteiger partial charge in [-0.05, 0) is 55.6 Å². The van der Waals surface area contributed by atoms with Crippen molar-refractivity contribution in [2.24, 2.45) is 0 Å². The van der Waals surface area contributed by atoms with E-state index < -0.39 is 0 Å². The van der Waals surface area contributed by atoms with Gasteiger partial charge in [0.15, 0.2) is 0 Å². The monoisotopic (exact) mass is 272 g/mol. The summed E-state index contributed by atoms with van der Waals surface area (Å²) in [5, 5.41) is 4.27. The van der Waals surface area contributed by atoms with E-state index in [-0.39, 0.29) is 0 Å². The average Bonchev–Trinajstić information content (AvgIpc) is 2.92. The van der Waals surface area contributed by atoms with E-state index in [4.69, 9.17) is 11.6 Å². The Morgan fingerprint density at radius 3 is 2.89 bits per heavy atom. The number of rotatable bonds is 2. The topological polar surface area (TPSA) is 24.9 Å². The molecule has 19 heavy (non-hydrogen) atoms. The molecule has 1 unspecified atom stereocenters. The van der Waals surface area contributed by atoms with Crippen molar-refractivity contribution < 1.29 is 0 Å². The van der Waals surface area contributed by atoms with Gasteiger partial charge in [0.1, 0.15) is 0 Å². The first-order valence-corrected chi connectivity index (χ1v) is 7.08. The fourth-order valence-corrected chi connectivity index (χ4v) is 2.88. The second-order valence-electron chi connectivity index (χ2n) is 5.09. The molecule has 0 amide bonds. The first-order chi connectivity index (χ1) is 9.24. The predicted molar refractivity (Wildman–Crippen MR) is 79.4 cm³/mol. The second kappa shape index (κ2) is 5.32. The van der Waals surface area contributed by atoms with Crippen molar-refractivity contribution in [1.82, 2.24) is 10.3 Å². The van der Waals surface area contributed by atoms with E-state index >= 15 is 0 Å². The highest BCUT2D eigenvalue weighted by atomic mass is 35.5. The molecular weight excluding hydrogens is 256 g/mol. The van der Waals surface area contributed by atoms with Gasteiger partial charge in [0, 0.05) is 22.8 Å². The highest BCUT2D eigenvalue weighted by Gasteiger charge is 2.18. The lowest BCUT2D eigenvalue weighted by Crippen LogP contribution is -2.14. The number of aryl methyl sites for hydroxylation is 1. The SMILES string of the molecule is Cc1cc(-c2cccc(Cl)c2)ncc1C1CCCN1. The Kier molecular flexibility index (Phi) is 3.54. The van der Waals surface area contributed by atoms with Crippen LogP contribution in [0.15, 0.2) is 36.5 Å². The molecule has 3 rings (SSSR count). The zero-order chi connectivity index (χ0) is 13.2. The first kappa shape index (κ1) is 12.6. The largest absolute Gasteiger partial charge is 0.310 e. The quantitative estimate of drug-likeness (QED) is 0.889. The van der Waals surface area contributed by atoms with Crippen LogP contribution < -0.4 is 5.32 Å². The van der Waals surface area contributed by atoms with Gasteiger partial charge in [0.25, 0.3) is 0 Å². The Hall–Kier alpha value is -1.38. The standard InChI is InChI=1S/C16H17ClN2/c1-11-8-16(12-4-2-5-13(17)9-12)19-10-14(11)15-6-3-7-18-15/h2,4-5,8-10,15,18H,3,6-7H2,1H3. The van der Waals surface area contributed by atoms with Gasteiger partial charge in [-0.25, -0.2) is 0 Å². The van der Waals surface area contributed by atoms with Crippen LogP contribution in [-0.4, -0.2) is 11.5 Å². The molecule has 0 spiro atoms. The van der Waals surface area contributed by atoms with E-state index in [1.165, 1.54) is 24.0 Å². The summed E-state index contributed by atoms with van der Waals surface area (Å²) in [7, 11) is 0. The summed E-state index contributed by atoms with van der Waals surface area (Å²) >= 11 is 6.03. The Morgan fingerprint density at radius 1 is 1.32 bits per heavy atom. The molecule has 1 atom stereocenters. The molecule has 2 nitrogen and oxygen atoms in total. The third-order valence-electron chi connectivity index (χ3n) is 3.71. The maximum atomic E-state index is 6.03. The van der Waals surface area contributed by atoms with Crippen molar-refractivity contribution in [3.63, 3.8) is 0 Å². The van der Waals surface area contributed by atoms with Crippen molar-refractivity contribution in [2.75, 3.05) is 6.54 Å². The molecule has 1 fully saturated rings. The van der Waals surface area contributed by atoms with Crippen molar-refractivity contribution in [3.8, 4) is 11.3 Å². The summed E-state index contributed by atoms with van der Waals surface area (Å²) in [6.45, 7) is 3.27. The molecule has 1 aromatic carbocycles. The van der Waals surface area contributed by atoms with E-state index in [1.54, 1.807) is 0 Å². The number of pyridine rings is 1. The van der Waals surface area contributed by atoms with Crippen LogP contribution in [0, 0.1) is 6.92 Å². The van der Waals surface area contributed by atoms with Crippen LogP contribution in [0.4, 0.5) is 0 Å². The lowest BCUT2D eigenvalue weighted by molar-refractivity contribution is 0.641. The number of nitrogens with one attached hydrogen (secondary N) is 1. The Bertz CT molecular complexity index is 589. The fourth-order valence-electron chi connectivity index (χ4n) is 2.69. The molecule has 2 aromatic rings. The van der Waals surface area contributed by atoms with Gasteiger partial charge in [0.2, 0.25) is 0 Å². The zero-order valence-corrected chi connectivity index (χ0v) is 11.7. The van der Waals surface area contributed by atoms with E-state index in [0.717, 1.165) is 22.8 Å². The van der Waals surface area contributed by atoms with Crippen LogP contribution in [0.25, 0.3) is 11.3 Å². The number of nitrogens with zero attached hydrogens (tertiary/aromatic N) is 1. The summed E-state index contributed by atoms with van der Waals surface area (Å²) in [5.41, 5.74) is 4.68. The minimum Gasteiger partial charge on any atom is -0.310 e. The van der Waals surface area contributed by atoms with Crippen molar-refractivity contribution >= 4 is 11.6 Å². The molecular formula is C16H17ClN2. The third kappa shape index (κ3) is 2.65. The minimum atomic E-state index is 0.473. The predicted octanol–water partition coefficient (Wildman–Crippen LogP) is 4.13. The normalized spacial score (nSPS) is 18.7. The summed E-state index contributed by atoms with van der Waals surface area (Å²) in [6.07, 6.45) is 4.47. The van der Waals surface area contributed by atoms with Crippen molar-refractivity contribution in [3.05, 3.63) is 52.7 Å². The number of halogens is 1. The molecule has 0 bridgehead atoms. The van der Waals surface area contributed by atoms with E-state index in [2.05, 4.69) is 23.3 Å². The van der Waals surface area contributed by atoms with Crippen LogP contribution >= 0.6 is 11.6 Å². The number of benzene rings is 1. The first-order valence-electron chi connectivity index (χ1n) is 6.70. The van der Waals surface area contributed by atoms with Crippen LogP contribution in [0.5, 0.6) is 0 Å². The maximum absolute atomic E-state index is 6.03. The highest BCUT2D eigenvalue weighted by Crippen LogP contribution is 2.28. The van der Waals surface area contributed by atoms with Crippen molar-refractivity contribution in [1.29, 1.82) is 0 Å². The van der Waals surface area contributed by atoms with E-state index in [0.29, 0.717) is 6.04 Å². The molecule has 0 saturated carbocycles. The molecule has 0 aliphatic carbocycles. The van der Waals surface area contributed by atoms with Gasteiger partial charge in [-0.1, -0.05) is 23.7 Å². The molecule has 2 heterocycles. The van der Waals surface area contributed by atoms with Gasteiger partial charge >= 0.3 is 0 Å². The van der Waals surface area contributed by atoms with Crippen LogP contribution in [0.3, 0.4) is 0 Å². The Balaban J connectivity index is 1.94. The van der Waals surface area contributed by atoms with E-state index in [1.807, 2.05) is 30.5 Å². The molecule has 98 valence electrons. The Labute approximate surface area is 118 Å². The molecule has 1 aliphatic heterocycles. The van der Waals surface area contributed by atoms with Gasteiger partial charge in [0.05, 0.1) is 5.69 Å². The fraction of sp³-hybridized carbons (Fsp3) is 0.312. The summed E-state index contributed by atoms with van der Waals surface area (Å²) in [4.78, 5) is 4.60. The number of hydrogen-bond acceptors (Lipinski definition) is 2. The molecule has 1 aromatic heterocycles. The van der Waals surface area contributed by atoms with Gasteiger partial charge < -0.3 is 5.32 Å². The van der Waals surface area contributed by atoms with Crippen LogP contribution in [-0.2, 0) is 0 Å². The lowest BCUT2D eigenvalue weighted by atomic mass is 10.0. The summed E-state index contributed by atoms with van der Waals surface area (Å²) in [5.74, 6) is 0. The van der Waals surface area contributed by atoms with Crippen molar-refractivity contribution in [2.45, 2.75) is 25.8 Å². The highest BCUT2D eigenvalue weighted by molar-refractivity contribution is 6.30. The number of aromatic nitrogens is 1. The molecule has 1 aliphatic rings. The van der Waals surface area contributed by atoms with Gasteiger partial charge in [-0.2, -0.15) is 0 Å². The van der Waals surface area contributed by atoms with Gasteiger partial charge in [-0.3, -0.25) is 4.98 Å². The minimum absolute atomic E-state index is 0.473. The van der Waals surface area contributed by atoms with Gasteiger partial charge in [-0.15, -0.1) is 0 Å². The molecule has 3 heteroatoms. The number of hydrogen-bond donors (Lipinski definition) is 1. The van der Waals surface area contributed by atoms with Crippen LogP contribution in [0.1, 0.15) is 30.0 Å². The summed E-state index contributed by atoms with van der Waals surface area (Å²) in [6, 6.07) is 10.5. The molecule has 0 radical (unpaired) electrons. The molecule has 1 N–H and O–H groups in total. The zero-order valence-electron chi connectivity index (χ0n) is 11.0. The average molecular weight is 273 g/mol. The smallest absolute Gasteiger partial charge is 0.0705 e. The van der Waals surface area contributed by atoms with E-state index in [9.17, 15) is 0 Å². The maximum Gasteiger partial charge on any atom is 0.0705 e. The lowest BCUT2D eigenvalue weighted by Gasteiger charge is -2.14. The molecule has 1 saturated heterocycles. The summed E-state index contributed by atoms with van der Waals surface area (Å²) < 4.78 is 0. The second-order valence-corrected chi connectivity index (χ2v) is 5.52. The Morgan fingerprint density at radius 2 is 2.21 bits per heavy atom. The van der Waals surface area contributed by atoms with Crippen LogP contribution in [0.2, 0.25) is 5.02 Å².